The molecule has 1 saturated carbocycles. The van der Waals surface area contributed by atoms with E-state index in [1.54, 1.807) is 0 Å². The molecule has 9 heteroatoms. The number of likely N-dealkylation sites (tertiary alicyclic amines) is 1. The first-order valence-corrected chi connectivity index (χ1v) is 21.9. The summed E-state index contributed by atoms with van der Waals surface area (Å²) in [5.74, 6) is 1.50. The monoisotopic (exact) mass is 748 g/mol. The van der Waals surface area contributed by atoms with E-state index >= 15 is 0 Å². The van der Waals surface area contributed by atoms with Gasteiger partial charge in [0.1, 0.15) is 24.2 Å². The van der Waals surface area contributed by atoms with Crippen LogP contribution in [0, 0.1) is 0 Å². The van der Waals surface area contributed by atoms with Gasteiger partial charge in [0.25, 0.3) is 0 Å². The number of urea groups is 1. The Balaban J connectivity index is 0.901. The van der Waals surface area contributed by atoms with Crippen LogP contribution in [-0.4, -0.2) is 75.3 Å². The maximum atomic E-state index is 12.7. The first-order chi connectivity index (χ1) is 26.2. The van der Waals surface area contributed by atoms with Crippen LogP contribution in [0.5, 0.6) is 11.5 Å². The van der Waals surface area contributed by atoms with Crippen molar-refractivity contribution in [2.75, 3.05) is 38.1 Å². The van der Waals surface area contributed by atoms with Crippen LogP contribution in [0.25, 0.3) is 0 Å². The van der Waals surface area contributed by atoms with Crippen molar-refractivity contribution in [3.8, 4) is 11.5 Å². The van der Waals surface area contributed by atoms with Gasteiger partial charge in [-0.15, -0.1) is 0 Å². The SMILES string of the molecule is CC(C)(C)[Si](Oc1ccc(OC[C@@H](O)CNCCc2ccc(NC3CCN(C(=O)NC4CCCCC4)CC3)cc2)cc1)(c1ccccc1)c1ccccc1. The van der Waals surface area contributed by atoms with E-state index in [4.69, 9.17) is 9.16 Å². The number of anilines is 1. The van der Waals surface area contributed by atoms with E-state index in [1.165, 1.54) is 35.2 Å². The lowest BCUT2D eigenvalue weighted by molar-refractivity contribution is 0.106. The predicted molar refractivity (Wildman–Crippen MR) is 223 cm³/mol. The first-order valence-electron chi connectivity index (χ1n) is 20.0. The number of hydrogen-bond acceptors (Lipinski definition) is 6. The second kappa shape index (κ2) is 18.8. The molecular formula is C45H60N4O4Si. The number of nitrogens with zero attached hydrogens (tertiary/aromatic N) is 1. The minimum absolute atomic E-state index is 0.113. The fraction of sp³-hybridized carbons (Fsp3) is 0.444. The van der Waals surface area contributed by atoms with E-state index in [-0.39, 0.29) is 17.7 Å². The summed E-state index contributed by atoms with van der Waals surface area (Å²) in [7, 11) is -2.72. The third kappa shape index (κ3) is 10.5. The Bertz CT molecular complexity index is 1660. The second-order valence-electron chi connectivity index (χ2n) is 16.0. The maximum absolute atomic E-state index is 12.7. The molecule has 288 valence electrons. The summed E-state index contributed by atoms with van der Waals surface area (Å²) in [6, 6.07) is 38.5. The minimum Gasteiger partial charge on any atom is -0.534 e. The Morgan fingerprint density at radius 3 is 1.96 bits per heavy atom. The number of nitrogens with one attached hydrogen (secondary N) is 3. The van der Waals surface area contributed by atoms with Gasteiger partial charge in [-0.1, -0.05) is 113 Å². The van der Waals surface area contributed by atoms with E-state index < -0.39 is 14.4 Å². The predicted octanol–water partition coefficient (Wildman–Crippen LogP) is 7.12. The molecule has 6 rings (SSSR count). The zero-order chi connectivity index (χ0) is 37.8. The normalized spacial score (nSPS) is 16.4. The van der Waals surface area contributed by atoms with Gasteiger partial charge in [0, 0.05) is 37.4 Å². The van der Waals surface area contributed by atoms with E-state index in [9.17, 15) is 9.90 Å². The van der Waals surface area contributed by atoms with Crippen LogP contribution in [0.2, 0.25) is 5.04 Å². The van der Waals surface area contributed by atoms with Gasteiger partial charge in [0.05, 0.1) is 0 Å². The number of benzene rings is 4. The quantitative estimate of drug-likeness (QED) is 0.0765. The van der Waals surface area contributed by atoms with Crippen molar-refractivity contribution < 1.29 is 19.1 Å². The third-order valence-electron chi connectivity index (χ3n) is 11.0. The average Bonchev–Trinajstić information content (AvgIpc) is 3.19. The molecule has 2 fully saturated rings. The molecular weight excluding hydrogens is 689 g/mol. The smallest absolute Gasteiger partial charge is 0.319 e. The molecule has 8 nitrogen and oxygen atoms in total. The van der Waals surface area contributed by atoms with Gasteiger partial charge in [0.2, 0.25) is 0 Å². The molecule has 4 N–H and O–H groups in total. The highest BCUT2D eigenvalue weighted by Crippen LogP contribution is 2.38. The lowest BCUT2D eigenvalue weighted by Crippen LogP contribution is -2.68. The van der Waals surface area contributed by atoms with Crippen LogP contribution < -0.4 is 35.5 Å². The standard InChI is InChI=1S/C45H60N4O4Si/c1-45(2,3)54(42-15-9-5-10-16-42,43-17-11-6-12-18-43)53-41-25-23-40(24-26-41)52-34-39(50)33-46-30-27-35-19-21-37(22-20-35)47-38-28-31-49(32-29-38)44(51)48-36-13-7-4-8-14-36/h5-6,9-12,15-26,36,38-39,46-47,50H,4,7-8,13-14,27-34H2,1-3H3,(H,48,51)/t39-/m0/s1. The lowest BCUT2D eigenvalue weighted by atomic mass is 9.95. The van der Waals surface area contributed by atoms with Gasteiger partial charge in [-0.25, -0.2) is 4.79 Å². The lowest BCUT2D eigenvalue weighted by Gasteiger charge is -2.43. The summed E-state index contributed by atoms with van der Waals surface area (Å²) in [4.78, 5) is 14.7. The molecule has 0 radical (unpaired) electrons. The fourth-order valence-electron chi connectivity index (χ4n) is 7.93. The molecule has 1 aliphatic heterocycles. The number of ether oxygens (including phenoxy) is 1. The average molecular weight is 749 g/mol. The van der Waals surface area contributed by atoms with Crippen molar-refractivity contribution in [3.63, 3.8) is 0 Å². The molecule has 4 aromatic carbocycles. The van der Waals surface area contributed by atoms with Crippen LogP contribution in [0.1, 0.15) is 71.3 Å². The third-order valence-corrected chi connectivity index (χ3v) is 15.9. The van der Waals surface area contributed by atoms with Crippen molar-refractivity contribution in [1.82, 2.24) is 15.5 Å². The Kier molecular flexibility index (Phi) is 13.7. The molecule has 1 saturated heterocycles. The number of carbonyl (C=O) groups excluding carboxylic acids is 1. The zero-order valence-corrected chi connectivity index (χ0v) is 33.4. The van der Waals surface area contributed by atoms with Crippen molar-refractivity contribution in [2.45, 2.75) is 95.4 Å². The summed E-state index contributed by atoms with van der Waals surface area (Å²) >= 11 is 0. The summed E-state index contributed by atoms with van der Waals surface area (Å²) in [6.07, 6.45) is 8.14. The van der Waals surface area contributed by atoms with E-state index in [2.05, 4.69) is 122 Å². The number of piperidine rings is 1. The van der Waals surface area contributed by atoms with Crippen molar-refractivity contribution in [1.29, 1.82) is 0 Å². The van der Waals surface area contributed by atoms with Crippen LogP contribution in [0.3, 0.4) is 0 Å². The number of amides is 2. The topological polar surface area (TPSA) is 95.1 Å². The minimum atomic E-state index is -2.72. The van der Waals surface area contributed by atoms with Gasteiger partial charge < -0.3 is 35.1 Å². The summed E-state index contributed by atoms with van der Waals surface area (Å²) < 4.78 is 13.1. The summed E-state index contributed by atoms with van der Waals surface area (Å²) in [5.41, 5.74) is 2.36. The van der Waals surface area contributed by atoms with E-state index in [0.717, 1.165) is 63.2 Å². The Morgan fingerprint density at radius 1 is 0.778 bits per heavy atom. The molecule has 54 heavy (non-hydrogen) atoms. The number of hydrogen-bond donors (Lipinski definition) is 4. The molecule has 0 unspecified atom stereocenters. The zero-order valence-electron chi connectivity index (χ0n) is 32.4. The van der Waals surface area contributed by atoms with Gasteiger partial charge in [-0.3, -0.25) is 0 Å². The first kappa shape index (κ1) is 39.4. The number of rotatable bonds is 15. The number of aliphatic hydroxyl groups excluding tert-OH is 1. The maximum Gasteiger partial charge on any atom is 0.319 e. The molecule has 2 aliphatic rings. The van der Waals surface area contributed by atoms with Crippen LogP contribution >= 0.6 is 0 Å². The Morgan fingerprint density at radius 2 is 1.37 bits per heavy atom. The van der Waals surface area contributed by atoms with Gasteiger partial charge in [-0.2, -0.15) is 0 Å². The molecule has 1 aliphatic carbocycles. The van der Waals surface area contributed by atoms with Crippen LogP contribution in [0.15, 0.2) is 109 Å². The van der Waals surface area contributed by atoms with E-state index in [1.807, 2.05) is 29.2 Å². The number of carbonyl (C=O) groups is 1. The summed E-state index contributed by atoms with van der Waals surface area (Å²) in [5, 5.41) is 23.3. The highest BCUT2D eigenvalue weighted by molar-refractivity contribution is 7.00. The molecule has 0 aromatic heterocycles. The van der Waals surface area contributed by atoms with E-state index in [0.29, 0.717) is 24.4 Å². The van der Waals surface area contributed by atoms with Gasteiger partial charge in [0.15, 0.2) is 0 Å². The Hall–Kier alpha value is -4.31. The highest BCUT2D eigenvalue weighted by Gasteiger charge is 2.52. The van der Waals surface area contributed by atoms with Crippen molar-refractivity contribution in [3.05, 3.63) is 115 Å². The van der Waals surface area contributed by atoms with Crippen LogP contribution in [0.4, 0.5) is 10.5 Å². The second-order valence-corrected chi connectivity index (χ2v) is 20.3. The highest BCUT2D eigenvalue weighted by atomic mass is 28.4. The molecule has 0 bridgehead atoms. The van der Waals surface area contributed by atoms with Gasteiger partial charge in [-0.05, 0) is 96.0 Å². The molecule has 1 heterocycles. The molecule has 0 spiro atoms. The van der Waals surface area contributed by atoms with Gasteiger partial charge >= 0.3 is 14.3 Å². The molecule has 2 amide bonds. The Labute approximate surface area is 323 Å². The largest absolute Gasteiger partial charge is 0.534 e. The molecule has 1 atom stereocenters. The van der Waals surface area contributed by atoms with Crippen molar-refractivity contribution >= 4 is 30.4 Å². The fourth-order valence-corrected chi connectivity index (χ4v) is 12.3. The molecule has 4 aromatic rings. The van der Waals surface area contributed by atoms with Crippen molar-refractivity contribution in [2.24, 2.45) is 0 Å². The van der Waals surface area contributed by atoms with Crippen LogP contribution in [-0.2, 0) is 6.42 Å². The summed E-state index contributed by atoms with van der Waals surface area (Å²) in [6.45, 7) is 9.82. The number of aliphatic hydroxyl groups is 1.